The van der Waals surface area contributed by atoms with Gasteiger partial charge in [-0.3, -0.25) is 14.4 Å². The van der Waals surface area contributed by atoms with E-state index in [0.717, 1.165) is 0 Å². The van der Waals surface area contributed by atoms with Crippen LogP contribution in [0.1, 0.15) is 27.2 Å². The molecule has 1 aliphatic carbocycles. The lowest BCUT2D eigenvalue weighted by Gasteiger charge is -2.05. The molecule has 1 amide bonds. The number of ether oxygens (including phenoxy) is 1. The molecule has 0 unspecified atom stereocenters. The molecule has 0 saturated heterocycles. The number of nitrogens with one attached hydrogen (secondary N) is 1. The summed E-state index contributed by atoms with van der Waals surface area (Å²) in [5.74, 6) is -2.79. The molecule has 6 nitrogen and oxygen atoms in total. The van der Waals surface area contributed by atoms with Crippen LogP contribution in [-0.4, -0.2) is 36.1 Å². The van der Waals surface area contributed by atoms with Crippen LogP contribution in [0.15, 0.2) is 0 Å². The minimum absolute atomic E-state index is 0.102. The average molecular weight is 257 g/mol. The molecule has 0 aromatic heterocycles. The molecule has 0 aromatic rings. The fourth-order valence-electron chi connectivity index (χ4n) is 2.22. The average Bonchev–Trinajstić information content (AvgIpc) is 2.82. The summed E-state index contributed by atoms with van der Waals surface area (Å²) in [6, 6.07) is 0. The zero-order chi connectivity index (χ0) is 13.9. The summed E-state index contributed by atoms with van der Waals surface area (Å²) in [5, 5.41) is 11.5. The Hall–Kier alpha value is -1.59. The van der Waals surface area contributed by atoms with E-state index in [9.17, 15) is 14.4 Å². The normalized spacial score (nSPS) is 24.2. The lowest BCUT2D eigenvalue weighted by atomic mass is 10.1. The Balaban J connectivity index is 2.35. The number of rotatable bonds is 6. The van der Waals surface area contributed by atoms with Crippen molar-refractivity contribution in [2.75, 3.05) is 13.2 Å². The summed E-state index contributed by atoms with van der Waals surface area (Å²) in [6.45, 7) is 5.70. The van der Waals surface area contributed by atoms with E-state index in [1.54, 1.807) is 20.8 Å². The summed E-state index contributed by atoms with van der Waals surface area (Å²) in [4.78, 5) is 33.7. The van der Waals surface area contributed by atoms with Gasteiger partial charge < -0.3 is 15.2 Å². The van der Waals surface area contributed by atoms with Crippen LogP contribution in [0.5, 0.6) is 0 Å². The number of carboxylic acids is 1. The fourth-order valence-corrected chi connectivity index (χ4v) is 2.22. The number of carbonyl (C=O) groups excluding carboxylic acids is 2. The third kappa shape index (κ3) is 3.00. The van der Waals surface area contributed by atoms with Crippen LogP contribution in [0.4, 0.5) is 0 Å². The maximum Gasteiger partial charge on any atom is 0.307 e. The number of aliphatic carboxylic acids is 1. The second kappa shape index (κ2) is 5.37. The maximum atomic E-state index is 11.7. The first kappa shape index (κ1) is 14.5. The van der Waals surface area contributed by atoms with Gasteiger partial charge in [0.2, 0.25) is 5.91 Å². The Morgan fingerprint density at radius 3 is 2.33 bits per heavy atom. The van der Waals surface area contributed by atoms with Crippen molar-refractivity contribution in [1.29, 1.82) is 0 Å². The van der Waals surface area contributed by atoms with Gasteiger partial charge in [-0.25, -0.2) is 0 Å². The molecule has 0 aliphatic heterocycles. The van der Waals surface area contributed by atoms with Gasteiger partial charge in [0.05, 0.1) is 24.9 Å². The number of carboxylic acid groups (broad SMARTS) is 1. The van der Waals surface area contributed by atoms with Crippen LogP contribution in [0, 0.1) is 17.3 Å². The molecule has 6 heteroatoms. The highest BCUT2D eigenvalue weighted by atomic mass is 16.5. The molecule has 2 atom stereocenters. The first-order chi connectivity index (χ1) is 8.32. The first-order valence-corrected chi connectivity index (χ1v) is 5.98. The number of amides is 1. The van der Waals surface area contributed by atoms with Crippen LogP contribution in [0.25, 0.3) is 0 Å². The van der Waals surface area contributed by atoms with Crippen LogP contribution in [-0.2, 0) is 19.1 Å². The molecule has 102 valence electrons. The summed E-state index contributed by atoms with van der Waals surface area (Å²) in [7, 11) is 0. The first-order valence-electron chi connectivity index (χ1n) is 5.98. The Labute approximate surface area is 106 Å². The lowest BCUT2D eigenvalue weighted by molar-refractivity contribution is -0.143. The molecule has 0 bridgehead atoms. The van der Waals surface area contributed by atoms with Crippen LogP contribution >= 0.6 is 0 Å². The zero-order valence-corrected chi connectivity index (χ0v) is 10.9. The van der Waals surface area contributed by atoms with Crippen molar-refractivity contribution in [3.8, 4) is 0 Å². The van der Waals surface area contributed by atoms with Gasteiger partial charge in [0.1, 0.15) is 0 Å². The molecule has 0 spiro atoms. The van der Waals surface area contributed by atoms with Crippen LogP contribution in [0.2, 0.25) is 0 Å². The van der Waals surface area contributed by atoms with Crippen molar-refractivity contribution < 1.29 is 24.2 Å². The van der Waals surface area contributed by atoms with Gasteiger partial charge in [-0.15, -0.1) is 0 Å². The van der Waals surface area contributed by atoms with Gasteiger partial charge in [-0.2, -0.15) is 0 Å². The van der Waals surface area contributed by atoms with E-state index < -0.39 is 23.2 Å². The Kier molecular flexibility index (Phi) is 4.32. The molecule has 0 aromatic carbocycles. The largest absolute Gasteiger partial charge is 0.481 e. The second-order valence-corrected chi connectivity index (χ2v) is 4.96. The molecule has 0 radical (unpaired) electrons. The van der Waals surface area contributed by atoms with E-state index in [0.29, 0.717) is 6.61 Å². The van der Waals surface area contributed by atoms with E-state index in [2.05, 4.69) is 5.32 Å². The van der Waals surface area contributed by atoms with E-state index in [1.807, 2.05) is 0 Å². The molecule has 1 fully saturated rings. The summed E-state index contributed by atoms with van der Waals surface area (Å²) in [5.41, 5.74) is -0.514. The van der Waals surface area contributed by atoms with Crippen molar-refractivity contribution in [2.24, 2.45) is 17.3 Å². The maximum absolute atomic E-state index is 11.7. The van der Waals surface area contributed by atoms with Gasteiger partial charge in [-0.1, -0.05) is 13.8 Å². The third-order valence-corrected chi connectivity index (χ3v) is 3.31. The lowest BCUT2D eigenvalue weighted by Crippen LogP contribution is -2.29. The third-order valence-electron chi connectivity index (χ3n) is 3.31. The quantitative estimate of drug-likeness (QED) is 0.672. The van der Waals surface area contributed by atoms with Crippen molar-refractivity contribution in [1.82, 2.24) is 5.32 Å². The Bertz CT molecular complexity index is 363. The summed E-state index contributed by atoms with van der Waals surface area (Å²) >= 11 is 0. The van der Waals surface area contributed by atoms with Crippen LogP contribution < -0.4 is 5.32 Å². The topological polar surface area (TPSA) is 92.7 Å². The molecule has 18 heavy (non-hydrogen) atoms. The van der Waals surface area contributed by atoms with E-state index >= 15 is 0 Å². The van der Waals surface area contributed by atoms with Crippen molar-refractivity contribution in [2.45, 2.75) is 27.2 Å². The number of hydrogen-bond donors (Lipinski definition) is 2. The van der Waals surface area contributed by atoms with E-state index in [4.69, 9.17) is 9.84 Å². The van der Waals surface area contributed by atoms with E-state index in [1.165, 1.54) is 0 Å². The number of carbonyl (C=O) groups is 3. The highest BCUT2D eigenvalue weighted by Crippen LogP contribution is 2.58. The van der Waals surface area contributed by atoms with Gasteiger partial charge in [0, 0.05) is 6.54 Å². The second-order valence-electron chi connectivity index (χ2n) is 4.96. The number of esters is 1. The van der Waals surface area contributed by atoms with Gasteiger partial charge in [-0.05, 0) is 12.3 Å². The molecule has 1 aliphatic rings. The zero-order valence-electron chi connectivity index (χ0n) is 10.9. The number of hydrogen-bond acceptors (Lipinski definition) is 4. The van der Waals surface area contributed by atoms with Crippen molar-refractivity contribution in [3.63, 3.8) is 0 Å². The van der Waals surface area contributed by atoms with Crippen molar-refractivity contribution >= 4 is 17.8 Å². The SMILES string of the molecule is CCOC(=O)CCNC(=O)[C@H]1[C@@H](C(=O)O)C1(C)C. The summed E-state index contributed by atoms with van der Waals surface area (Å²) in [6.07, 6.45) is 0.102. The molecule has 1 rings (SSSR count). The highest BCUT2D eigenvalue weighted by molar-refractivity contribution is 5.91. The standard InChI is InChI=1S/C12H19NO5/c1-4-18-7(14)5-6-13-10(15)8-9(11(16)17)12(8,2)3/h8-9H,4-6H2,1-3H3,(H,13,15)(H,16,17)/t8-,9+/m1/s1. The molecule has 0 heterocycles. The molecular formula is C12H19NO5. The molecule has 1 saturated carbocycles. The van der Waals surface area contributed by atoms with Gasteiger partial charge in [0.25, 0.3) is 0 Å². The minimum Gasteiger partial charge on any atom is -0.481 e. The monoisotopic (exact) mass is 257 g/mol. The molecule has 2 N–H and O–H groups in total. The summed E-state index contributed by atoms with van der Waals surface area (Å²) < 4.78 is 4.72. The van der Waals surface area contributed by atoms with Crippen LogP contribution in [0.3, 0.4) is 0 Å². The van der Waals surface area contributed by atoms with Gasteiger partial charge >= 0.3 is 11.9 Å². The fraction of sp³-hybridized carbons (Fsp3) is 0.750. The smallest absolute Gasteiger partial charge is 0.307 e. The predicted octanol–water partition coefficient (Wildman–Crippen LogP) is 0.413. The Morgan fingerprint density at radius 1 is 1.28 bits per heavy atom. The minimum atomic E-state index is -0.953. The molecular weight excluding hydrogens is 238 g/mol. The van der Waals surface area contributed by atoms with Gasteiger partial charge in [0.15, 0.2) is 0 Å². The predicted molar refractivity (Wildman–Crippen MR) is 62.7 cm³/mol. The van der Waals surface area contributed by atoms with Crippen molar-refractivity contribution in [3.05, 3.63) is 0 Å². The van der Waals surface area contributed by atoms with E-state index in [-0.39, 0.29) is 24.8 Å². The Morgan fingerprint density at radius 2 is 1.89 bits per heavy atom. The highest BCUT2D eigenvalue weighted by Gasteiger charge is 2.65.